The molecule has 1 aromatic rings. The summed E-state index contributed by atoms with van der Waals surface area (Å²) in [7, 11) is 0. The van der Waals surface area contributed by atoms with Crippen molar-refractivity contribution in [3.05, 3.63) is 35.9 Å². The summed E-state index contributed by atoms with van der Waals surface area (Å²) in [6.45, 7) is 7.00. The number of carbonyl (C=O) groups excluding carboxylic acids is 2. The molecular formula is C15H20O4. The third kappa shape index (κ3) is 5.12. The summed E-state index contributed by atoms with van der Waals surface area (Å²) in [4.78, 5) is 23.5. The molecule has 0 aliphatic carbocycles. The second kappa shape index (κ2) is 6.36. The van der Waals surface area contributed by atoms with Crippen LogP contribution in [0.4, 0.5) is 0 Å². The number of esters is 2. The lowest BCUT2D eigenvalue weighted by Gasteiger charge is -2.24. The Balaban J connectivity index is 2.93. The van der Waals surface area contributed by atoms with Crippen molar-refractivity contribution in [2.24, 2.45) is 0 Å². The van der Waals surface area contributed by atoms with Gasteiger partial charge in [-0.2, -0.15) is 0 Å². The average molecular weight is 264 g/mol. The topological polar surface area (TPSA) is 52.6 Å². The zero-order valence-electron chi connectivity index (χ0n) is 11.8. The van der Waals surface area contributed by atoms with Crippen LogP contribution in [-0.4, -0.2) is 17.5 Å². The van der Waals surface area contributed by atoms with Crippen LogP contribution < -0.4 is 0 Å². The number of hydrogen-bond acceptors (Lipinski definition) is 4. The Kier molecular flexibility index (Phi) is 5.10. The summed E-state index contributed by atoms with van der Waals surface area (Å²) >= 11 is 0. The number of carbonyl (C=O) groups is 2. The van der Waals surface area contributed by atoms with Gasteiger partial charge in [-0.15, -0.1) is 0 Å². The van der Waals surface area contributed by atoms with Crippen molar-refractivity contribution in [1.29, 1.82) is 0 Å². The maximum Gasteiger partial charge on any atom is 0.352 e. The van der Waals surface area contributed by atoms with E-state index in [0.717, 1.165) is 0 Å². The van der Waals surface area contributed by atoms with Gasteiger partial charge in [0.25, 0.3) is 0 Å². The first kappa shape index (κ1) is 15.2. The molecular weight excluding hydrogens is 244 g/mol. The summed E-state index contributed by atoms with van der Waals surface area (Å²) in [5, 5.41) is 0. The summed E-state index contributed by atoms with van der Waals surface area (Å²) in [5.41, 5.74) is -0.0125. The van der Waals surface area contributed by atoms with Crippen LogP contribution >= 0.6 is 0 Å². The van der Waals surface area contributed by atoms with Gasteiger partial charge in [-0.1, -0.05) is 37.3 Å². The summed E-state index contributed by atoms with van der Waals surface area (Å²) in [5.74, 6) is -0.986. The van der Waals surface area contributed by atoms with E-state index in [0.29, 0.717) is 5.56 Å². The highest BCUT2D eigenvalue weighted by atomic mass is 16.6. The minimum Gasteiger partial charge on any atom is -0.457 e. The van der Waals surface area contributed by atoms with Gasteiger partial charge in [-0.25, -0.2) is 4.79 Å². The molecule has 1 rings (SSSR count). The van der Waals surface area contributed by atoms with Gasteiger partial charge in [-0.3, -0.25) is 4.79 Å². The van der Waals surface area contributed by atoms with E-state index in [-0.39, 0.29) is 6.42 Å². The second-order valence-electron chi connectivity index (χ2n) is 5.17. The maximum absolute atomic E-state index is 12.1. The van der Waals surface area contributed by atoms with E-state index in [2.05, 4.69) is 0 Å². The van der Waals surface area contributed by atoms with Crippen LogP contribution in [-0.2, 0) is 19.1 Å². The second-order valence-corrected chi connectivity index (χ2v) is 5.17. The van der Waals surface area contributed by atoms with Gasteiger partial charge in [0.05, 0.1) is 0 Å². The van der Waals surface area contributed by atoms with Crippen molar-refractivity contribution in [2.45, 2.75) is 45.8 Å². The Hall–Kier alpha value is -1.84. The molecule has 4 nitrogen and oxygen atoms in total. The van der Waals surface area contributed by atoms with Crippen molar-refractivity contribution in [2.75, 3.05) is 0 Å². The molecule has 1 aromatic carbocycles. The van der Waals surface area contributed by atoms with Gasteiger partial charge in [-0.05, 0) is 20.8 Å². The van der Waals surface area contributed by atoms with Gasteiger partial charge in [0.2, 0.25) is 6.10 Å². The van der Waals surface area contributed by atoms with Crippen LogP contribution in [0.5, 0.6) is 0 Å². The molecule has 0 heterocycles. The zero-order chi connectivity index (χ0) is 14.5. The first-order valence-corrected chi connectivity index (χ1v) is 6.31. The fourth-order valence-corrected chi connectivity index (χ4v) is 1.45. The van der Waals surface area contributed by atoms with Crippen molar-refractivity contribution in [3.63, 3.8) is 0 Å². The molecule has 0 aromatic heterocycles. The van der Waals surface area contributed by atoms with Crippen LogP contribution in [0, 0.1) is 0 Å². The van der Waals surface area contributed by atoms with Crippen LogP contribution in [0.25, 0.3) is 0 Å². The Morgan fingerprint density at radius 1 is 1.16 bits per heavy atom. The Morgan fingerprint density at radius 3 is 2.21 bits per heavy atom. The molecule has 19 heavy (non-hydrogen) atoms. The lowest BCUT2D eigenvalue weighted by Crippen LogP contribution is -2.30. The largest absolute Gasteiger partial charge is 0.457 e. The number of benzene rings is 1. The minimum absolute atomic E-state index is 0.214. The molecule has 0 fully saturated rings. The summed E-state index contributed by atoms with van der Waals surface area (Å²) in [6, 6.07) is 8.87. The van der Waals surface area contributed by atoms with Crippen LogP contribution in [0.3, 0.4) is 0 Å². The van der Waals surface area contributed by atoms with Crippen molar-refractivity contribution >= 4 is 11.9 Å². The van der Waals surface area contributed by atoms with E-state index in [4.69, 9.17) is 9.47 Å². The molecule has 0 spiro atoms. The minimum atomic E-state index is -1.01. The zero-order valence-corrected chi connectivity index (χ0v) is 11.8. The van der Waals surface area contributed by atoms with Crippen molar-refractivity contribution in [3.8, 4) is 0 Å². The Labute approximate surface area is 113 Å². The van der Waals surface area contributed by atoms with Crippen molar-refractivity contribution in [1.82, 2.24) is 0 Å². The normalized spacial score (nSPS) is 12.6. The van der Waals surface area contributed by atoms with E-state index < -0.39 is 23.6 Å². The molecule has 0 bridgehead atoms. The molecule has 0 N–H and O–H groups in total. The van der Waals surface area contributed by atoms with Gasteiger partial charge in [0.15, 0.2) is 0 Å². The van der Waals surface area contributed by atoms with Gasteiger partial charge >= 0.3 is 11.9 Å². The molecule has 1 atom stereocenters. The molecule has 4 heteroatoms. The number of rotatable bonds is 4. The first-order valence-electron chi connectivity index (χ1n) is 6.31. The van der Waals surface area contributed by atoms with E-state index in [1.165, 1.54) is 0 Å². The molecule has 0 radical (unpaired) electrons. The highest BCUT2D eigenvalue weighted by Gasteiger charge is 2.29. The Morgan fingerprint density at radius 2 is 1.74 bits per heavy atom. The maximum atomic E-state index is 12.1. The quantitative estimate of drug-likeness (QED) is 0.784. The fraction of sp³-hybridized carbons (Fsp3) is 0.467. The lowest BCUT2D eigenvalue weighted by molar-refractivity contribution is -0.176. The SMILES string of the molecule is CCC(=O)OC(C(=O)OC(C)(C)C)c1ccccc1. The van der Waals surface area contributed by atoms with E-state index in [1.807, 2.05) is 6.07 Å². The summed E-state index contributed by atoms with van der Waals surface area (Å²) in [6.07, 6.45) is -0.792. The highest BCUT2D eigenvalue weighted by molar-refractivity contribution is 5.81. The number of hydrogen-bond donors (Lipinski definition) is 0. The Bertz CT molecular complexity index is 431. The molecule has 1 unspecified atom stereocenters. The van der Waals surface area contributed by atoms with Crippen LogP contribution in [0.1, 0.15) is 45.8 Å². The van der Waals surface area contributed by atoms with Crippen LogP contribution in [0.2, 0.25) is 0 Å². The van der Waals surface area contributed by atoms with E-state index in [1.54, 1.807) is 52.0 Å². The smallest absolute Gasteiger partial charge is 0.352 e. The van der Waals surface area contributed by atoms with Crippen LogP contribution in [0.15, 0.2) is 30.3 Å². The third-order valence-electron chi connectivity index (χ3n) is 2.26. The monoisotopic (exact) mass is 264 g/mol. The molecule has 104 valence electrons. The van der Waals surface area contributed by atoms with E-state index in [9.17, 15) is 9.59 Å². The third-order valence-corrected chi connectivity index (χ3v) is 2.26. The molecule has 0 aliphatic rings. The lowest BCUT2D eigenvalue weighted by atomic mass is 10.1. The molecule has 0 aliphatic heterocycles. The van der Waals surface area contributed by atoms with Gasteiger partial charge in [0.1, 0.15) is 5.60 Å². The fourth-order valence-electron chi connectivity index (χ4n) is 1.45. The van der Waals surface area contributed by atoms with Gasteiger partial charge in [0, 0.05) is 12.0 Å². The molecule has 0 amide bonds. The van der Waals surface area contributed by atoms with Crippen molar-refractivity contribution < 1.29 is 19.1 Å². The van der Waals surface area contributed by atoms with Gasteiger partial charge < -0.3 is 9.47 Å². The molecule has 0 saturated heterocycles. The number of ether oxygens (including phenoxy) is 2. The van der Waals surface area contributed by atoms with E-state index >= 15 is 0 Å². The highest BCUT2D eigenvalue weighted by Crippen LogP contribution is 2.22. The average Bonchev–Trinajstić information content (AvgIpc) is 2.34. The standard InChI is InChI=1S/C15H20O4/c1-5-12(16)18-13(11-9-7-6-8-10-11)14(17)19-15(2,3)4/h6-10,13H,5H2,1-4H3. The predicted molar refractivity (Wildman–Crippen MR) is 71.4 cm³/mol. The predicted octanol–water partition coefficient (Wildman–Crippen LogP) is 3.02. The first-order chi connectivity index (χ1) is 8.83. The molecule has 0 saturated carbocycles. The summed E-state index contributed by atoms with van der Waals surface area (Å²) < 4.78 is 10.5.